The van der Waals surface area contributed by atoms with E-state index in [1.807, 2.05) is 42.5 Å². The molecule has 1 aliphatic heterocycles. The van der Waals surface area contributed by atoms with Crippen molar-refractivity contribution in [3.05, 3.63) is 53.6 Å². The predicted molar refractivity (Wildman–Crippen MR) is 118 cm³/mol. The van der Waals surface area contributed by atoms with Gasteiger partial charge in [0.2, 0.25) is 0 Å². The van der Waals surface area contributed by atoms with Crippen LogP contribution < -0.4 is 14.2 Å². The number of ether oxygens (including phenoxy) is 3. The van der Waals surface area contributed by atoms with Crippen LogP contribution >= 0.6 is 0 Å². The topological polar surface area (TPSA) is 44.8 Å². The fourth-order valence-electron chi connectivity index (χ4n) is 6.60. The van der Waals surface area contributed by atoms with Crippen LogP contribution in [0.3, 0.4) is 0 Å². The zero-order valence-electron chi connectivity index (χ0n) is 18.3. The van der Waals surface area contributed by atoms with Crippen molar-refractivity contribution >= 4 is 5.97 Å². The zero-order valence-corrected chi connectivity index (χ0v) is 18.3. The van der Waals surface area contributed by atoms with Gasteiger partial charge in [-0.15, -0.1) is 0 Å². The van der Waals surface area contributed by atoms with Crippen molar-refractivity contribution in [1.82, 2.24) is 0 Å². The fourth-order valence-corrected chi connectivity index (χ4v) is 6.60. The lowest BCUT2D eigenvalue weighted by molar-refractivity contribution is -0.241. The Bertz CT molecular complexity index is 980. The molecule has 7 rings (SSSR count). The van der Waals surface area contributed by atoms with E-state index in [9.17, 15) is 4.79 Å². The van der Waals surface area contributed by atoms with Crippen molar-refractivity contribution in [2.45, 2.75) is 64.1 Å². The maximum atomic E-state index is 12.7. The van der Waals surface area contributed by atoms with E-state index >= 15 is 0 Å². The molecule has 162 valence electrons. The minimum absolute atomic E-state index is 0.348. The van der Waals surface area contributed by atoms with Gasteiger partial charge >= 0.3 is 5.97 Å². The monoisotopic (exact) mass is 418 g/mol. The van der Waals surface area contributed by atoms with Gasteiger partial charge in [0.05, 0.1) is 5.56 Å². The van der Waals surface area contributed by atoms with Crippen molar-refractivity contribution in [3.8, 4) is 17.2 Å². The molecule has 4 heteroatoms. The average molecular weight is 419 g/mol. The van der Waals surface area contributed by atoms with E-state index in [-0.39, 0.29) is 5.97 Å². The van der Waals surface area contributed by atoms with Crippen LogP contribution in [0.25, 0.3) is 0 Å². The normalized spacial score (nSPS) is 33.0. The van der Waals surface area contributed by atoms with Gasteiger partial charge in [-0.2, -0.15) is 0 Å². The lowest BCUT2D eigenvalue weighted by atomic mass is 9.53. The minimum atomic E-state index is -0.496. The number of esters is 1. The highest BCUT2D eigenvalue weighted by molar-refractivity contribution is 5.91. The molecule has 0 radical (unpaired) electrons. The van der Waals surface area contributed by atoms with Crippen LogP contribution in [0.15, 0.2) is 42.5 Å². The van der Waals surface area contributed by atoms with Crippen molar-refractivity contribution in [1.29, 1.82) is 0 Å². The second-order valence-corrected chi connectivity index (χ2v) is 10.2. The van der Waals surface area contributed by atoms with E-state index in [2.05, 4.69) is 13.8 Å². The second-order valence-electron chi connectivity index (χ2n) is 10.2. The average Bonchev–Trinajstić information content (AvgIpc) is 3.16. The first-order chi connectivity index (χ1) is 15.0. The Hall–Kier alpha value is -2.49. The Morgan fingerprint density at radius 3 is 2.26 bits per heavy atom. The van der Waals surface area contributed by atoms with Crippen LogP contribution in [0, 0.1) is 23.7 Å². The van der Waals surface area contributed by atoms with Gasteiger partial charge in [-0.25, -0.2) is 4.79 Å². The Balaban J connectivity index is 1.18. The van der Waals surface area contributed by atoms with Gasteiger partial charge in [-0.3, -0.25) is 0 Å². The summed E-state index contributed by atoms with van der Waals surface area (Å²) >= 11 is 0. The number of hydrogen-bond donors (Lipinski definition) is 0. The molecule has 1 atom stereocenters. The van der Waals surface area contributed by atoms with Gasteiger partial charge < -0.3 is 14.2 Å². The molecule has 1 spiro atoms. The standard InChI is InChI=1S/C27H30O4/c1-3-16(2)19-4-6-20(7-5-19)26(28)29-23-8-9-24-25(15-23)31-27(30-24)21-11-17-10-18(13-21)14-22(27)12-17/h4-9,15-18,21-22H,3,10-14H2,1-2H3. The van der Waals surface area contributed by atoms with E-state index in [0.29, 0.717) is 34.8 Å². The zero-order chi connectivity index (χ0) is 21.2. The largest absolute Gasteiger partial charge is 0.448 e. The third-order valence-electron chi connectivity index (χ3n) is 8.27. The number of carbonyl (C=O) groups is 1. The highest BCUT2D eigenvalue weighted by Gasteiger charge is 2.63. The molecule has 0 aromatic heterocycles. The number of carbonyl (C=O) groups excluding carboxylic acids is 1. The fraction of sp³-hybridized carbons (Fsp3) is 0.519. The molecule has 4 aliphatic carbocycles. The number of hydrogen-bond acceptors (Lipinski definition) is 4. The van der Waals surface area contributed by atoms with Crippen LogP contribution in [0.4, 0.5) is 0 Å². The molecule has 2 aromatic rings. The van der Waals surface area contributed by atoms with Gasteiger partial charge in [0.15, 0.2) is 11.5 Å². The van der Waals surface area contributed by atoms with Crippen LogP contribution in [0.2, 0.25) is 0 Å². The number of rotatable bonds is 4. The highest BCUT2D eigenvalue weighted by Crippen LogP contribution is 2.62. The van der Waals surface area contributed by atoms with E-state index < -0.39 is 5.79 Å². The molecular weight excluding hydrogens is 388 g/mol. The van der Waals surface area contributed by atoms with Gasteiger partial charge in [0.25, 0.3) is 5.79 Å². The maximum Gasteiger partial charge on any atom is 0.343 e. The quantitative estimate of drug-likeness (QED) is 0.429. The highest BCUT2D eigenvalue weighted by atomic mass is 16.7. The van der Waals surface area contributed by atoms with Crippen molar-refractivity contribution in [2.75, 3.05) is 0 Å². The van der Waals surface area contributed by atoms with Gasteiger partial charge in [-0.05, 0) is 86.1 Å². The third-order valence-corrected chi connectivity index (χ3v) is 8.27. The molecule has 4 nitrogen and oxygen atoms in total. The summed E-state index contributed by atoms with van der Waals surface area (Å²) in [5, 5.41) is 0. The molecule has 5 aliphatic rings. The predicted octanol–water partition coefficient (Wildman–Crippen LogP) is 6.34. The van der Waals surface area contributed by atoms with E-state index in [4.69, 9.17) is 14.2 Å². The van der Waals surface area contributed by atoms with Crippen LogP contribution in [-0.4, -0.2) is 11.8 Å². The first-order valence-corrected chi connectivity index (χ1v) is 11.9. The molecule has 1 unspecified atom stereocenters. The van der Waals surface area contributed by atoms with Crippen LogP contribution in [-0.2, 0) is 0 Å². The Morgan fingerprint density at radius 2 is 1.61 bits per heavy atom. The van der Waals surface area contributed by atoms with Gasteiger partial charge in [0, 0.05) is 17.9 Å². The molecule has 4 saturated carbocycles. The smallest absolute Gasteiger partial charge is 0.343 e. The summed E-state index contributed by atoms with van der Waals surface area (Å²) < 4.78 is 18.7. The second kappa shape index (κ2) is 7.01. The summed E-state index contributed by atoms with van der Waals surface area (Å²) in [6.45, 7) is 4.36. The summed E-state index contributed by atoms with van der Waals surface area (Å²) in [6.07, 6.45) is 7.34. The van der Waals surface area contributed by atoms with Crippen molar-refractivity contribution in [2.24, 2.45) is 23.7 Å². The first-order valence-electron chi connectivity index (χ1n) is 11.9. The summed E-state index contributed by atoms with van der Waals surface area (Å²) in [5.74, 6) is 4.30. The lowest BCUT2D eigenvalue weighted by Gasteiger charge is -2.57. The van der Waals surface area contributed by atoms with Crippen molar-refractivity contribution in [3.63, 3.8) is 0 Å². The molecular formula is C27H30O4. The Morgan fingerprint density at radius 1 is 0.968 bits per heavy atom. The lowest BCUT2D eigenvalue weighted by Crippen LogP contribution is -2.62. The molecule has 4 bridgehead atoms. The van der Waals surface area contributed by atoms with Gasteiger partial charge in [0.1, 0.15) is 5.75 Å². The maximum absolute atomic E-state index is 12.7. The summed E-state index contributed by atoms with van der Waals surface area (Å²) in [4.78, 5) is 12.7. The first kappa shape index (κ1) is 19.2. The molecule has 2 aromatic carbocycles. The molecule has 4 fully saturated rings. The Labute approximate surface area is 183 Å². The summed E-state index contributed by atoms with van der Waals surface area (Å²) in [7, 11) is 0. The van der Waals surface area contributed by atoms with E-state index in [1.165, 1.54) is 37.7 Å². The van der Waals surface area contributed by atoms with Crippen LogP contribution in [0.1, 0.15) is 74.2 Å². The van der Waals surface area contributed by atoms with Crippen LogP contribution in [0.5, 0.6) is 17.2 Å². The third kappa shape index (κ3) is 3.06. The molecule has 0 saturated heterocycles. The van der Waals surface area contributed by atoms with Crippen molar-refractivity contribution < 1.29 is 19.0 Å². The minimum Gasteiger partial charge on any atom is -0.448 e. The molecule has 1 heterocycles. The number of benzene rings is 2. The SMILES string of the molecule is CCC(C)c1ccc(C(=O)Oc2ccc3c(c2)OC2(O3)C3CC4CC(C3)CC2C4)cc1. The summed E-state index contributed by atoms with van der Waals surface area (Å²) in [5.41, 5.74) is 1.80. The van der Waals surface area contributed by atoms with Gasteiger partial charge in [-0.1, -0.05) is 26.0 Å². The molecule has 0 N–H and O–H groups in total. The molecule has 0 amide bonds. The van der Waals surface area contributed by atoms with E-state index in [0.717, 1.165) is 24.0 Å². The number of fused-ring (bicyclic) bond motifs is 1. The Kier molecular flexibility index (Phi) is 4.35. The molecule has 31 heavy (non-hydrogen) atoms. The van der Waals surface area contributed by atoms with E-state index in [1.54, 1.807) is 0 Å². The summed E-state index contributed by atoms with van der Waals surface area (Å²) in [6, 6.07) is 13.2.